The molecular formula is C39H56N2Si. The van der Waals surface area contributed by atoms with E-state index in [0.717, 1.165) is 61.3 Å². The highest BCUT2D eigenvalue weighted by atomic mass is 28.3. The number of nitrogens with zero attached hydrogens (tertiary/aromatic N) is 2. The Labute approximate surface area is 259 Å². The van der Waals surface area contributed by atoms with Crippen LogP contribution >= 0.6 is 0 Å². The first-order valence-corrected chi connectivity index (χ1v) is 20.4. The average Bonchev–Trinajstić information content (AvgIpc) is 2.96. The molecule has 0 atom stereocenters. The number of rotatable bonds is 18. The normalized spacial score (nSPS) is 11.7. The van der Waals surface area contributed by atoms with E-state index in [9.17, 15) is 5.53 Å². The number of allylic oxidation sites excluding steroid dienone is 2. The minimum Gasteiger partial charge on any atom is -0.348 e. The maximum Gasteiger partial charge on any atom is 0.304 e. The maximum absolute atomic E-state index is 9.74. The first-order valence-electron chi connectivity index (χ1n) is 16.7. The number of aryl methyl sites for hydroxylation is 1. The van der Waals surface area contributed by atoms with Crippen LogP contribution in [0.1, 0.15) is 126 Å². The maximum atomic E-state index is 9.74. The van der Waals surface area contributed by atoms with Crippen LogP contribution in [0, 0.1) is 11.8 Å². The molecule has 0 amide bonds. The topological polar surface area (TPSA) is 36.4 Å². The number of unbranched alkanes of at least 4 members (excludes halogenated alkanes) is 9. The van der Waals surface area contributed by atoms with Crippen molar-refractivity contribution in [3.8, 4) is 11.8 Å². The number of hydrogen-bond acceptors (Lipinski definition) is 0. The lowest BCUT2D eigenvalue weighted by Crippen LogP contribution is -2.23. The van der Waals surface area contributed by atoms with Crippen LogP contribution in [0.25, 0.3) is 11.1 Å². The minimum absolute atomic E-state index is 0.804. The summed E-state index contributed by atoms with van der Waals surface area (Å²) < 4.78 is 0. The average molecular weight is 581 g/mol. The van der Waals surface area contributed by atoms with E-state index in [2.05, 4.69) is 111 Å². The van der Waals surface area contributed by atoms with Gasteiger partial charge in [0.05, 0.1) is 11.1 Å². The minimum atomic E-state index is -1.30. The Balaban J connectivity index is 2.77. The Bertz CT molecular complexity index is 1270. The van der Waals surface area contributed by atoms with Crippen molar-refractivity contribution >= 4 is 19.5 Å². The van der Waals surface area contributed by atoms with E-state index in [0.29, 0.717) is 0 Å². The monoisotopic (exact) mass is 580 g/mol. The Morgan fingerprint density at radius 3 is 1.95 bits per heavy atom. The third kappa shape index (κ3) is 13.4. The third-order valence-corrected chi connectivity index (χ3v) is 9.09. The zero-order valence-electron chi connectivity index (χ0n) is 27.6. The summed E-state index contributed by atoms with van der Waals surface area (Å²) in [6, 6.07) is 19.3. The molecule has 0 radical (unpaired) electrons. The second-order valence-electron chi connectivity index (χ2n) is 13.0. The van der Waals surface area contributed by atoms with Gasteiger partial charge in [-0.05, 0) is 54.8 Å². The molecule has 0 aliphatic rings. The van der Waals surface area contributed by atoms with Gasteiger partial charge in [-0.1, -0.05) is 158 Å². The van der Waals surface area contributed by atoms with Crippen molar-refractivity contribution in [3.05, 3.63) is 87.5 Å². The van der Waals surface area contributed by atoms with Gasteiger partial charge in [0, 0.05) is 20.1 Å². The highest BCUT2D eigenvalue weighted by Crippen LogP contribution is 2.33. The van der Waals surface area contributed by atoms with E-state index in [1.54, 1.807) is 0 Å². The van der Waals surface area contributed by atoms with Crippen molar-refractivity contribution < 1.29 is 4.79 Å². The second kappa shape index (κ2) is 20.1. The molecule has 0 aliphatic carbocycles. The first kappa shape index (κ1) is 35.3. The molecule has 0 aromatic heterocycles. The lowest BCUT2D eigenvalue weighted by atomic mass is 9.86. The van der Waals surface area contributed by atoms with Gasteiger partial charge in [-0.3, -0.25) is 0 Å². The molecule has 0 unspecified atom stereocenters. The van der Waals surface area contributed by atoms with Gasteiger partial charge in [-0.25, -0.2) is 0 Å². The molecule has 0 saturated heterocycles. The van der Waals surface area contributed by atoms with Crippen LogP contribution in [0.4, 0.5) is 0 Å². The summed E-state index contributed by atoms with van der Waals surface area (Å²) in [5, 5.41) is 0. The smallest absolute Gasteiger partial charge is 0.304 e. The van der Waals surface area contributed by atoms with E-state index in [-0.39, 0.29) is 0 Å². The van der Waals surface area contributed by atoms with Crippen LogP contribution in [-0.4, -0.2) is 18.7 Å². The molecule has 0 N–H and O–H groups in total. The summed E-state index contributed by atoms with van der Waals surface area (Å²) in [6.07, 6.45) is 15.9. The quantitative estimate of drug-likeness (QED) is 0.0320. The molecule has 2 nitrogen and oxygen atoms in total. The Morgan fingerprint density at radius 1 is 0.738 bits per heavy atom. The van der Waals surface area contributed by atoms with E-state index in [1.165, 1.54) is 73.6 Å². The summed E-state index contributed by atoms with van der Waals surface area (Å²) in [7, 11) is -1.30. The van der Waals surface area contributed by atoms with E-state index in [4.69, 9.17) is 0 Å². The standard InChI is InChI=1S/C39H56N2Si/c1-7-10-13-15-16-17-19-28-38(37(31-41-40)25-18-14-11-8-2)39(35-26-20-23-33(29-35)22-12-9-3)36-27-21-24-34(30-36)32-42(4,5)6/h20-21,23-24,26-27,29-30H,7-18,22,25,32H2,1-6H3. The fourth-order valence-electron chi connectivity index (χ4n) is 5.45. The summed E-state index contributed by atoms with van der Waals surface area (Å²) in [5.41, 5.74) is 17.9. The highest BCUT2D eigenvalue weighted by molar-refractivity contribution is 6.75. The van der Waals surface area contributed by atoms with Crippen molar-refractivity contribution in [2.75, 3.05) is 0 Å². The van der Waals surface area contributed by atoms with Gasteiger partial charge in [0.1, 0.15) is 0 Å². The largest absolute Gasteiger partial charge is 0.348 e. The molecule has 0 saturated carbocycles. The number of hydrogen-bond donors (Lipinski definition) is 0. The van der Waals surface area contributed by atoms with Crippen LogP contribution in [-0.2, 0) is 12.5 Å². The molecule has 42 heavy (non-hydrogen) atoms. The van der Waals surface area contributed by atoms with Gasteiger partial charge < -0.3 is 5.53 Å². The van der Waals surface area contributed by atoms with Crippen LogP contribution < -0.4 is 0 Å². The van der Waals surface area contributed by atoms with Crippen molar-refractivity contribution in [3.63, 3.8) is 0 Å². The molecule has 0 heterocycles. The van der Waals surface area contributed by atoms with Gasteiger partial charge in [0.25, 0.3) is 0 Å². The summed E-state index contributed by atoms with van der Waals surface area (Å²) in [4.78, 5) is 3.44. The van der Waals surface area contributed by atoms with E-state index in [1.807, 2.05) is 0 Å². The third-order valence-electron chi connectivity index (χ3n) is 7.62. The lowest BCUT2D eigenvalue weighted by Gasteiger charge is -2.18. The summed E-state index contributed by atoms with van der Waals surface area (Å²) in [5.74, 6) is 10.2. The first-order chi connectivity index (χ1) is 20.3. The predicted octanol–water partition coefficient (Wildman–Crippen LogP) is 11.4. The highest BCUT2D eigenvalue weighted by Gasteiger charge is 2.19. The molecule has 0 fully saturated rings. The number of benzene rings is 2. The molecule has 0 aliphatic heterocycles. The molecule has 2 aromatic rings. The zero-order valence-corrected chi connectivity index (χ0v) is 28.6. The van der Waals surface area contributed by atoms with Crippen molar-refractivity contribution in [2.24, 2.45) is 0 Å². The van der Waals surface area contributed by atoms with Crippen molar-refractivity contribution in [1.29, 1.82) is 0 Å². The molecular weight excluding hydrogens is 525 g/mol. The fourth-order valence-corrected chi connectivity index (χ4v) is 6.89. The molecule has 0 spiro atoms. The second-order valence-corrected chi connectivity index (χ2v) is 18.4. The summed E-state index contributed by atoms with van der Waals surface area (Å²) >= 11 is 0. The van der Waals surface area contributed by atoms with Gasteiger partial charge >= 0.3 is 5.87 Å². The molecule has 2 aromatic carbocycles. The Hall–Kier alpha value is -2.88. The molecule has 3 heteroatoms. The van der Waals surface area contributed by atoms with Gasteiger partial charge in [0.15, 0.2) is 0 Å². The molecule has 2 rings (SSSR count). The van der Waals surface area contributed by atoms with Gasteiger partial charge in [0.2, 0.25) is 0 Å². The lowest BCUT2D eigenvalue weighted by molar-refractivity contribution is 0.00743. The SMILES string of the molecule is CCCCCCCC#CC(C(=C=[N+]=[N-])CCCCCC)=C(c1cccc(CCCC)c1)c1cccc(C[Si](C)(C)C)c1. The Kier molecular flexibility index (Phi) is 16.9. The van der Waals surface area contributed by atoms with E-state index >= 15 is 0 Å². The Morgan fingerprint density at radius 2 is 1.33 bits per heavy atom. The summed E-state index contributed by atoms with van der Waals surface area (Å²) in [6.45, 7) is 14.0. The van der Waals surface area contributed by atoms with Crippen molar-refractivity contribution in [2.45, 2.75) is 136 Å². The fraction of sp³-hybridized carbons (Fsp3) is 0.538. The molecule has 226 valence electrons. The van der Waals surface area contributed by atoms with Gasteiger partial charge in [-0.2, -0.15) is 0 Å². The van der Waals surface area contributed by atoms with Crippen molar-refractivity contribution in [1.82, 2.24) is 0 Å². The van der Waals surface area contributed by atoms with Crippen LogP contribution in [0.15, 0.2) is 59.7 Å². The van der Waals surface area contributed by atoms with Crippen LogP contribution in [0.3, 0.4) is 0 Å². The predicted molar refractivity (Wildman–Crippen MR) is 187 cm³/mol. The van der Waals surface area contributed by atoms with E-state index < -0.39 is 8.07 Å². The van der Waals surface area contributed by atoms with Crippen LogP contribution in [0.2, 0.25) is 19.6 Å². The van der Waals surface area contributed by atoms with Crippen LogP contribution in [0.5, 0.6) is 0 Å². The molecule has 0 bridgehead atoms. The van der Waals surface area contributed by atoms with Gasteiger partial charge in [-0.15, -0.1) is 4.79 Å². The zero-order chi connectivity index (χ0) is 30.6.